The van der Waals surface area contributed by atoms with E-state index in [0.29, 0.717) is 13.0 Å². The van der Waals surface area contributed by atoms with Crippen molar-refractivity contribution in [3.05, 3.63) is 5.82 Å². The number of rotatable bonds is 3. The number of tetrazole rings is 1. The van der Waals surface area contributed by atoms with Gasteiger partial charge in [-0.1, -0.05) is 0 Å². The third-order valence-corrected chi connectivity index (χ3v) is 1.15. The van der Waals surface area contributed by atoms with Crippen LogP contribution in [-0.4, -0.2) is 26.8 Å². The molecule has 10 heavy (non-hydrogen) atoms. The van der Waals surface area contributed by atoms with Gasteiger partial charge in [-0.25, -0.2) is 0 Å². The third-order valence-electron chi connectivity index (χ3n) is 1.15. The van der Waals surface area contributed by atoms with E-state index < -0.39 is 0 Å². The summed E-state index contributed by atoms with van der Waals surface area (Å²) in [5, 5.41) is 11.6. The summed E-state index contributed by atoms with van der Waals surface area (Å²) in [6, 6.07) is 0. The van der Waals surface area contributed by atoms with E-state index in [1.54, 1.807) is 4.80 Å². The minimum atomic E-state index is 0.579. The zero-order valence-corrected chi connectivity index (χ0v) is 5.99. The lowest BCUT2D eigenvalue weighted by Gasteiger charge is -1.86. The maximum Gasteiger partial charge on any atom is 0.176 e. The van der Waals surface area contributed by atoms with Gasteiger partial charge in [0.1, 0.15) is 0 Å². The van der Waals surface area contributed by atoms with E-state index in [4.69, 9.17) is 5.73 Å². The quantitative estimate of drug-likeness (QED) is 0.598. The zero-order chi connectivity index (χ0) is 7.40. The highest BCUT2D eigenvalue weighted by Gasteiger charge is 1.97. The highest BCUT2D eigenvalue weighted by atomic mass is 15.6. The Balaban J connectivity index is 2.59. The molecule has 2 N–H and O–H groups in total. The van der Waals surface area contributed by atoms with Crippen molar-refractivity contribution >= 4 is 0 Å². The van der Waals surface area contributed by atoms with Crippen molar-refractivity contribution in [3.8, 4) is 0 Å². The first-order valence-electron chi connectivity index (χ1n) is 3.33. The number of aryl methyl sites for hydroxylation is 1. The SMILES string of the molecule is CCn1nnc(CCN)n1. The molecule has 56 valence electrons. The molecule has 1 aromatic rings. The number of nitrogens with two attached hydrogens (primary N) is 1. The lowest BCUT2D eigenvalue weighted by atomic mass is 10.4. The molecule has 5 nitrogen and oxygen atoms in total. The van der Waals surface area contributed by atoms with Crippen molar-refractivity contribution in [2.75, 3.05) is 6.54 Å². The molecule has 1 aromatic heterocycles. The highest BCUT2D eigenvalue weighted by molar-refractivity contribution is 4.76. The van der Waals surface area contributed by atoms with Crippen LogP contribution in [0.5, 0.6) is 0 Å². The van der Waals surface area contributed by atoms with E-state index >= 15 is 0 Å². The zero-order valence-electron chi connectivity index (χ0n) is 5.99. The second-order valence-corrected chi connectivity index (χ2v) is 1.93. The summed E-state index contributed by atoms with van der Waals surface area (Å²) >= 11 is 0. The number of aromatic nitrogens is 4. The minimum absolute atomic E-state index is 0.579. The fraction of sp³-hybridized carbons (Fsp3) is 0.800. The lowest BCUT2D eigenvalue weighted by Crippen LogP contribution is -2.05. The molecule has 0 saturated heterocycles. The second kappa shape index (κ2) is 3.26. The molecule has 0 radical (unpaired) electrons. The van der Waals surface area contributed by atoms with Gasteiger partial charge in [0.2, 0.25) is 0 Å². The van der Waals surface area contributed by atoms with Gasteiger partial charge < -0.3 is 5.73 Å². The summed E-state index contributed by atoms with van der Waals surface area (Å²) in [4.78, 5) is 1.55. The molecule has 1 heterocycles. The Morgan fingerprint density at radius 3 is 2.90 bits per heavy atom. The van der Waals surface area contributed by atoms with Crippen LogP contribution in [0.2, 0.25) is 0 Å². The van der Waals surface area contributed by atoms with Crippen molar-refractivity contribution in [1.82, 2.24) is 20.2 Å². The number of hydrogen-bond donors (Lipinski definition) is 1. The van der Waals surface area contributed by atoms with Crippen LogP contribution in [0.3, 0.4) is 0 Å². The Bertz CT molecular complexity index is 194. The molecule has 0 unspecified atom stereocenters. The van der Waals surface area contributed by atoms with Crippen LogP contribution in [0.25, 0.3) is 0 Å². The normalized spacial score (nSPS) is 10.2. The van der Waals surface area contributed by atoms with Gasteiger partial charge in [-0.05, 0) is 18.7 Å². The van der Waals surface area contributed by atoms with E-state index in [1.165, 1.54) is 0 Å². The van der Waals surface area contributed by atoms with E-state index in [-0.39, 0.29) is 0 Å². The van der Waals surface area contributed by atoms with E-state index in [1.807, 2.05) is 6.92 Å². The van der Waals surface area contributed by atoms with E-state index in [2.05, 4.69) is 15.4 Å². The Labute approximate surface area is 59.2 Å². The van der Waals surface area contributed by atoms with Crippen molar-refractivity contribution in [2.24, 2.45) is 5.73 Å². The summed E-state index contributed by atoms with van der Waals surface area (Å²) < 4.78 is 0. The van der Waals surface area contributed by atoms with Crippen molar-refractivity contribution in [2.45, 2.75) is 19.9 Å². The van der Waals surface area contributed by atoms with E-state index in [9.17, 15) is 0 Å². The third kappa shape index (κ3) is 1.51. The first-order valence-corrected chi connectivity index (χ1v) is 3.33. The largest absolute Gasteiger partial charge is 0.330 e. The standard InChI is InChI=1S/C5H11N5/c1-2-10-8-5(3-4-6)7-9-10/h2-4,6H2,1H3. The molecule has 0 aromatic carbocycles. The Kier molecular flexibility index (Phi) is 2.33. The fourth-order valence-corrected chi connectivity index (χ4v) is 0.640. The Morgan fingerprint density at radius 2 is 2.40 bits per heavy atom. The number of hydrogen-bond acceptors (Lipinski definition) is 4. The van der Waals surface area contributed by atoms with Gasteiger partial charge in [-0.3, -0.25) is 0 Å². The predicted octanol–water partition coefficient (Wildman–Crippen LogP) is -0.806. The Morgan fingerprint density at radius 1 is 1.60 bits per heavy atom. The first kappa shape index (κ1) is 7.14. The average molecular weight is 141 g/mol. The molecule has 0 amide bonds. The summed E-state index contributed by atoms with van der Waals surface area (Å²) in [6.07, 6.45) is 0.708. The molecule has 0 fully saturated rings. The molecule has 0 atom stereocenters. The van der Waals surface area contributed by atoms with Crippen molar-refractivity contribution < 1.29 is 0 Å². The van der Waals surface area contributed by atoms with Crippen LogP contribution >= 0.6 is 0 Å². The van der Waals surface area contributed by atoms with Crippen LogP contribution in [0.15, 0.2) is 0 Å². The maximum absolute atomic E-state index is 5.29. The molecular weight excluding hydrogens is 130 g/mol. The molecule has 0 aliphatic heterocycles. The molecule has 0 spiro atoms. The molecule has 0 saturated carbocycles. The lowest BCUT2D eigenvalue weighted by molar-refractivity contribution is 0.550. The monoisotopic (exact) mass is 141 g/mol. The molecule has 0 aliphatic carbocycles. The molecule has 5 heteroatoms. The van der Waals surface area contributed by atoms with Crippen LogP contribution in [-0.2, 0) is 13.0 Å². The van der Waals surface area contributed by atoms with Gasteiger partial charge in [0.15, 0.2) is 5.82 Å². The van der Waals surface area contributed by atoms with Gasteiger partial charge in [0, 0.05) is 6.42 Å². The van der Waals surface area contributed by atoms with Gasteiger partial charge in [0.25, 0.3) is 0 Å². The minimum Gasteiger partial charge on any atom is -0.330 e. The van der Waals surface area contributed by atoms with Gasteiger partial charge in [-0.15, -0.1) is 10.2 Å². The van der Waals surface area contributed by atoms with Crippen LogP contribution in [0.1, 0.15) is 12.7 Å². The molecule has 1 rings (SSSR count). The Hall–Kier alpha value is -0.970. The highest BCUT2D eigenvalue weighted by Crippen LogP contribution is 1.85. The fourth-order valence-electron chi connectivity index (χ4n) is 0.640. The molecule has 0 bridgehead atoms. The first-order chi connectivity index (χ1) is 4.86. The van der Waals surface area contributed by atoms with Crippen LogP contribution in [0.4, 0.5) is 0 Å². The van der Waals surface area contributed by atoms with Crippen LogP contribution in [0, 0.1) is 0 Å². The van der Waals surface area contributed by atoms with Crippen molar-refractivity contribution in [1.29, 1.82) is 0 Å². The van der Waals surface area contributed by atoms with Crippen LogP contribution < -0.4 is 5.73 Å². The topological polar surface area (TPSA) is 69.6 Å². The maximum atomic E-state index is 5.29. The smallest absolute Gasteiger partial charge is 0.176 e. The van der Waals surface area contributed by atoms with Gasteiger partial charge in [0.05, 0.1) is 6.54 Å². The van der Waals surface area contributed by atoms with E-state index in [0.717, 1.165) is 12.4 Å². The molecule has 0 aliphatic rings. The molecular formula is C5H11N5. The summed E-state index contributed by atoms with van der Waals surface area (Å²) in [5.41, 5.74) is 5.29. The summed E-state index contributed by atoms with van der Waals surface area (Å²) in [5.74, 6) is 0.726. The summed E-state index contributed by atoms with van der Waals surface area (Å²) in [6.45, 7) is 3.31. The van der Waals surface area contributed by atoms with Gasteiger partial charge >= 0.3 is 0 Å². The number of nitrogens with zero attached hydrogens (tertiary/aromatic N) is 4. The van der Waals surface area contributed by atoms with Gasteiger partial charge in [-0.2, -0.15) is 4.80 Å². The predicted molar refractivity (Wildman–Crippen MR) is 36.2 cm³/mol. The summed E-state index contributed by atoms with van der Waals surface area (Å²) in [7, 11) is 0. The second-order valence-electron chi connectivity index (χ2n) is 1.93. The average Bonchev–Trinajstić information content (AvgIpc) is 2.37. The van der Waals surface area contributed by atoms with Crippen molar-refractivity contribution in [3.63, 3.8) is 0 Å².